The lowest BCUT2D eigenvalue weighted by Gasteiger charge is -2.33. The molecule has 2 aromatic rings. The van der Waals surface area contributed by atoms with Crippen LogP contribution in [0.4, 0.5) is 10.1 Å². The van der Waals surface area contributed by atoms with E-state index < -0.39 is 40.6 Å². The zero-order valence-electron chi connectivity index (χ0n) is 22.3. The van der Waals surface area contributed by atoms with Crippen LogP contribution in [0.3, 0.4) is 0 Å². The number of hydrogen-bond acceptors (Lipinski definition) is 8. The van der Waals surface area contributed by atoms with Crippen molar-refractivity contribution in [2.24, 2.45) is 10.9 Å². The molecule has 4 rings (SSSR count). The zero-order valence-corrected chi connectivity index (χ0v) is 22.3. The van der Waals surface area contributed by atoms with E-state index in [0.29, 0.717) is 29.1 Å². The molecular formula is C29H32FN3O6. The summed E-state index contributed by atoms with van der Waals surface area (Å²) in [6, 6.07) is 11.7. The third-order valence-corrected chi connectivity index (χ3v) is 7.31. The average molecular weight is 538 g/mol. The number of esters is 2. The summed E-state index contributed by atoms with van der Waals surface area (Å²) >= 11 is 0. The van der Waals surface area contributed by atoms with Crippen molar-refractivity contribution < 1.29 is 28.4 Å². The first-order chi connectivity index (χ1) is 18.7. The molecule has 1 saturated heterocycles. The minimum atomic E-state index is -0.977. The number of ether oxygens (including phenoxy) is 2. The fraction of sp³-hybridized carbons (Fsp3) is 0.414. The molecule has 9 nitrogen and oxygen atoms in total. The van der Waals surface area contributed by atoms with Crippen LogP contribution in [0, 0.1) is 21.8 Å². The Labute approximate surface area is 226 Å². The van der Waals surface area contributed by atoms with Crippen molar-refractivity contribution in [1.82, 2.24) is 4.90 Å². The summed E-state index contributed by atoms with van der Waals surface area (Å²) in [5, 5.41) is 11.5. The van der Waals surface area contributed by atoms with Crippen LogP contribution in [0.15, 0.2) is 64.8 Å². The van der Waals surface area contributed by atoms with Crippen molar-refractivity contribution in [2.75, 3.05) is 26.7 Å². The quantitative estimate of drug-likeness (QED) is 0.261. The van der Waals surface area contributed by atoms with Gasteiger partial charge >= 0.3 is 11.9 Å². The van der Waals surface area contributed by atoms with Crippen LogP contribution >= 0.6 is 0 Å². The summed E-state index contributed by atoms with van der Waals surface area (Å²) in [7, 11) is 1.24. The Morgan fingerprint density at radius 3 is 2.46 bits per heavy atom. The second-order valence-electron chi connectivity index (χ2n) is 9.89. The predicted octanol–water partition coefficient (Wildman–Crippen LogP) is 5.13. The van der Waals surface area contributed by atoms with Gasteiger partial charge < -0.3 is 9.47 Å². The number of carbonyl (C=O) groups is 2. The van der Waals surface area contributed by atoms with E-state index in [1.54, 1.807) is 32.0 Å². The Hall–Kier alpha value is -3.92. The number of nitrogens with zero attached hydrogens (tertiary/aromatic N) is 3. The van der Waals surface area contributed by atoms with Crippen LogP contribution in [0.5, 0.6) is 0 Å². The molecule has 0 N–H and O–H groups in total. The van der Waals surface area contributed by atoms with E-state index in [-0.39, 0.29) is 11.3 Å². The molecule has 2 aliphatic rings. The summed E-state index contributed by atoms with van der Waals surface area (Å²) in [4.78, 5) is 44.6. The fourth-order valence-corrected chi connectivity index (χ4v) is 5.38. The second kappa shape index (κ2) is 12.3. The van der Waals surface area contributed by atoms with Crippen molar-refractivity contribution in [3.8, 4) is 0 Å². The summed E-state index contributed by atoms with van der Waals surface area (Å²) in [6.07, 6.45) is 2.52. The van der Waals surface area contributed by atoms with Gasteiger partial charge in [-0.3, -0.25) is 24.8 Å². The summed E-state index contributed by atoms with van der Waals surface area (Å²) in [6.45, 7) is 5.46. The van der Waals surface area contributed by atoms with E-state index in [2.05, 4.69) is 9.89 Å². The monoisotopic (exact) mass is 537 g/mol. The van der Waals surface area contributed by atoms with Gasteiger partial charge in [0.25, 0.3) is 5.69 Å². The van der Waals surface area contributed by atoms with Gasteiger partial charge in [0, 0.05) is 36.0 Å². The van der Waals surface area contributed by atoms with Gasteiger partial charge in [0.1, 0.15) is 17.8 Å². The molecule has 2 aliphatic heterocycles. The van der Waals surface area contributed by atoms with Gasteiger partial charge in [-0.05, 0) is 63.0 Å². The van der Waals surface area contributed by atoms with Gasteiger partial charge in [0.2, 0.25) is 0 Å². The molecule has 3 unspecified atom stereocenters. The number of carbonyl (C=O) groups excluding carboxylic acids is 2. The average Bonchev–Trinajstić information content (AvgIpc) is 2.93. The van der Waals surface area contributed by atoms with E-state index in [1.807, 2.05) is 0 Å². The molecule has 39 heavy (non-hydrogen) atoms. The normalized spacial score (nSPS) is 20.7. The van der Waals surface area contributed by atoms with Gasteiger partial charge in [-0.25, -0.2) is 9.18 Å². The number of allylic oxidation sites excluding steroid dienone is 1. The number of nitro groups is 1. The lowest BCUT2D eigenvalue weighted by atomic mass is 9.75. The molecule has 0 saturated carbocycles. The topological polar surface area (TPSA) is 111 Å². The molecule has 2 heterocycles. The van der Waals surface area contributed by atoms with Gasteiger partial charge in [-0.2, -0.15) is 0 Å². The third-order valence-electron chi connectivity index (χ3n) is 7.31. The molecular weight excluding hydrogens is 505 g/mol. The van der Waals surface area contributed by atoms with E-state index >= 15 is 0 Å². The molecule has 0 amide bonds. The van der Waals surface area contributed by atoms with Gasteiger partial charge in [0.15, 0.2) is 0 Å². The molecule has 0 spiro atoms. The Morgan fingerprint density at radius 2 is 1.82 bits per heavy atom. The molecule has 10 heteroatoms. The zero-order chi connectivity index (χ0) is 28.1. The maximum Gasteiger partial charge on any atom is 0.337 e. The molecule has 0 radical (unpaired) electrons. The first kappa shape index (κ1) is 28.1. The Morgan fingerprint density at radius 1 is 1.13 bits per heavy atom. The molecule has 206 valence electrons. The molecule has 0 aromatic heterocycles. The van der Waals surface area contributed by atoms with Crippen LogP contribution in [0.1, 0.15) is 56.3 Å². The number of hydrogen-bond donors (Lipinski definition) is 0. The summed E-state index contributed by atoms with van der Waals surface area (Å²) < 4.78 is 24.8. The number of benzene rings is 2. The van der Waals surface area contributed by atoms with Crippen LogP contribution in [-0.4, -0.2) is 54.2 Å². The third kappa shape index (κ3) is 6.39. The maximum atomic E-state index is 13.9. The largest absolute Gasteiger partial charge is 0.468 e. The van der Waals surface area contributed by atoms with Gasteiger partial charge in [-0.15, -0.1) is 0 Å². The highest BCUT2D eigenvalue weighted by Gasteiger charge is 2.43. The Kier molecular flexibility index (Phi) is 8.86. The fourth-order valence-electron chi connectivity index (χ4n) is 5.38. The van der Waals surface area contributed by atoms with Crippen LogP contribution in [-0.2, 0) is 19.1 Å². The summed E-state index contributed by atoms with van der Waals surface area (Å²) in [5.74, 6) is -3.60. The van der Waals surface area contributed by atoms with E-state index in [4.69, 9.17) is 9.47 Å². The predicted molar refractivity (Wildman–Crippen MR) is 143 cm³/mol. The molecule has 0 aliphatic carbocycles. The SMILES string of the molecule is COC(=O)C1C(C)=NC(C)=C(C(=O)OC(CN2CCCCC2)c2ccc(F)cc2)C1c1cccc([N+](=O)[O-])c1. The van der Waals surface area contributed by atoms with Crippen molar-refractivity contribution >= 4 is 23.3 Å². The van der Waals surface area contributed by atoms with Gasteiger partial charge in [0.05, 0.1) is 17.6 Å². The minimum absolute atomic E-state index is 0.127. The lowest BCUT2D eigenvalue weighted by molar-refractivity contribution is -0.384. The highest BCUT2D eigenvalue weighted by molar-refractivity contribution is 6.07. The van der Waals surface area contributed by atoms with Crippen molar-refractivity contribution in [3.05, 3.63) is 86.9 Å². The van der Waals surface area contributed by atoms with Crippen LogP contribution < -0.4 is 0 Å². The number of methoxy groups -OCH3 is 1. The standard InChI is InChI=1S/C29H32FN3O6/c1-18-25(28(34)38-3)27(21-8-7-9-23(16-21)33(36)37)26(19(2)31-18)29(35)39-24(17-32-14-5-4-6-15-32)20-10-12-22(30)13-11-20/h7-13,16,24-25,27H,4-6,14-15,17H2,1-3H3. The van der Waals surface area contributed by atoms with Crippen LogP contribution in [0.2, 0.25) is 0 Å². The van der Waals surface area contributed by atoms with Gasteiger partial charge in [-0.1, -0.05) is 30.7 Å². The number of rotatable bonds is 8. The smallest absolute Gasteiger partial charge is 0.337 e. The number of piperidine rings is 1. The first-order valence-corrected chi connectivity index (χ1v) is 13.0. The Bertz CT molecular complexity index is 1300. The number of aliphatic imine (C=N–C) groups is 1. The number of halogens is 1. The van der Waals surface area contributed by atoms with Crippen molar-refractivity contribution in [3.63, 3.8) is 0 Å². The van der Waals surface area contributed by atoms with Crippen molar-refractivity contribution in [1.29, 1.82) is 0 Å². The summed E-state index contributed by atoms with van der Waals surface area (Å²) in [5.41, 5.74) is 1.77. The minimum Gasteiger partial charge on any atom is -0.468 e. The number of likely N-dealkylation sites (tertiary alicyclic amines) is 1. The van der Waals surface area contributed by atoms with E-state index in [1.165, 1.54) is 37.4 Å². The maximum absolute atomic E-state index is 13.9. The molecule has 0 bridgehead atoms. The Balaban J connectivity index is 1.75. The highest BCUT2D eigenvalue weighted by atomic mass is 19.1. The van der Waals surface area contributed by atoms with Crippen molar-refractivity contribution in [2.45, 2.75) is 45.1 Å². The number of non-ortho nitro benzene ring substituents is 1. The first-order valence-electron chi connectivity index (χ1n) is 13.0. The highest BCUT2D eigenvalue weighted by Crippen LogP contribution is 2.41. The molecule has 3 atom stereocenters. The second-order valence-corrected chi connectivity index (χ2v) is 9.89. The van der Waals surface area contributed by atoms with Crippen LogP contribution in [0.25, 0.3) is 0 Å². The molecule has 1 fully saturated rings. The van der Waals surface area contributed by atoms with E-state index in [0.717, 1.165) is 32.4 Å². The number of nitro benzene ring substituents is 1. The molecule has 2 aromatic carbocycles. The lowest BCUT2D eigenvalue weighted by Crippen LogP contribution is -2.38. The van der Waals surface area contributed by atoms with E-state index in [9.17, 15) is 24.1 Å².